The Hall–Kier alpha value is -2.82. The molecule has 0 bridgehead atoms. The van der Waals surface area contributed by atoms with E-state index in [1.54, 1.807) is 0 Å². The van der Waals surface area contributed by atoms with Gasteiger partial charge in [0.1, 0.15) is 22.0 Å². The highest BCUT2D eigenvalue weighted by atomic mass is 35.5. The molecule has 0 saturated heterocycles. The first-order valence-corrected chi connectivity index (χ1v) is 12.7. The number of nitrogens with zero attached hydrogens (tertiary/aromatic N) is 1. The summed E-state index contributed by atoms with van der Waals surface area (Å²) in [7, 11) is 0. The fourth-order valence-electron chi connectivity index (χ4n) is 3.40. The zero-order valence-electron chi connectivity index (χ0n) is 19.0. The van der Waals surface area contributed by atoms with Crippen LogP contribution < -0.4 is 14.2 Å². The molecule has 12 heteroatoms. The minimum atomic E-state index is -3.06. The lowest BCUT2D eigenvalue weighted by Crippen LogP contribution is -2.25. The van der Waals surface area contributed by atoms with Crippen LogP contribution in [0.5, 0.6) is 11.5 Å². The number of thioether (sulfide) groups is 1. The number of pyridine rings is 1. The first-order valence-electron chi connectivity index (χ1n) is 11.1. The van der Waals surface area contributed by atoms with E-state index in [9.17, 15) is 23.2 Å². The lowest BCUT2D eigenvalue weighted by molar-refractivity contribution is -0.605. The number of hydrogen-bond donors (Lipinski definition) is 0. The second-order valence-corrected chi connectivity index (χ2v) is 10.1. The number of carbonyl (C=O) groups is 1. The first kappa shape index (κ1) is 27.2. The Kier molecular flexibility index (Phi) is 8.94. The fourth-order valence-corrected chi connectivity index (χ4v) is 4.63. The SMILES string of the molecule is O=C(O[C@@H](Cc1c(Cl)c[n+]([O-])cc1Cl)c1ccc(OC(F)F)c(OCC2CC2)c1)Sc1ccc(F)cc1. The van der Waals surface area contributed by atoms with Gasteiger partial charge in [-0.25, -0.2) is 9.18 Å². The van der Waals surface area contributed by atoms with Crippen molar-refractivity contribution in [1.29, 1.82) is 0 Å². The summed E-state index contributed by atoms with van der Waals surface area (Å²) in [5.74, 6) is -0.207. The predicted molar refractivity (Wildman–Crippen MR) is 132 cm³/mol. The van der Waals surface area contributed by atoms with E-state index >= 15 is 0 Å². The third kappa shape index (κ3) is 7.83. The predicted octanol–water partition coefficient (Wildman–Crippen LogP) is 7.37. The molecule has 37 heavy (non-hydrogen) atoms. The normalized spacial score (nSPS) is 13.9. The molecule has 0 radical (unpaired) electrons. The van der Waals surface area contributed by atoms with E-state index in [0.717, 1.165) is 37.0 Å². The Balaban J connectivity index is 1.64. The van der Waals surface area contributed by atoms with Gasteiger partial charge in [-0.05, 0) is 72.5 Å². The molecule has 1 aromatic heterocycles. The number of hydrogen-bond acceptors (Lipinski definition) is 6. The summed E-state index contributed by atoms with van der Waals surface area (Å²) in [6, 6.07) is 9.49. The maximum atomic E-state index is 13.2. The van der Waals surface area contributed by atoms with E-state index in [0.29, 0.717) is 33.3 Å². The summed E-state index contributed by atoms with van der Waals surface area (Å²) < 4.78 is 55.6. The van der Waals surface area contributed by atoms with Crippen LogP contribution in [0.1, 0.15) is 30.1 Å². The van der Waals surface area contributed by atoms with Crippen molar-refractivity contribution < 1.29 is 36.9 Å². The average Bonchev–Trinajstić information content (AvgIpc) is 3.66. The second-order valence-electron chi connectivity index (χ2n) is 8.25. The summed E-state index contributed by atoms with van der Waals surface area (Å²) in [5.41, 5.74) is 0.736. The van der Waals surface area contributed by atoms with Gasteiger partial charge in [-0.15, -0.1) is 0 Å². The molecule has 196 valence electrons. The molecule has 0 amide bonds. The van der Waals surface area contributed by atoms with E-state index in [1.807, 2.05) is 0 Å². The van der Waals surface area contributed by atoms with Crippen molar-refractivity contribution in [2.24, 2.45) is 5.92 Å². The zero-order chi connectivity index (χ0) is 26.5. The van der Waals surface area contributed by atoms with Crippen LogP contribution in [-0.2, 0) is 11.2 Å². The van der Waals surface area contributed by atoms with Gasteiger partial charge in [-0.3, -0.25) is 0 Å². The molecular weight excluding hydrogens is 554 g/mol. The van der Waals surface area contributed by atoms with Crippen molar-refractivity contribution >= 4 is 40.3 Å². The molecule has 0 spiro atoms. The van der Waals surface area contributed by atoms with Gasteiger partial charge in [0.15, 0.2) is 23.9 Å². The summed E-state index contributed by atoms with van der Waals surface area (Å²) in [5, 5.41) is 11.1. The molecule has 1 aliphatic rings. The maximum absolute atomic E-state index is 13.2. The van der Waals surface area contributed by atoms with Gasteiger partial charge in [0.25, 0.3) is 0 Å². The largest absolute Gasteiger partial charge is 0.619 e. The van der Waals surface area contributed by atoms with Crippen LogP contribution in [0.3, 0.4) is 0 Å². The molecule has 1 saturated carbocycles. The van der Waals surface area contributed by atoms with Crippen LogP contribution in [-0.4, -0.2) is 18.5 Å². The van der Waals surface area contributed by atoms with E-state index < -0.39 is 23.8 Å². The molecule has 0 unspecified atom stereocenters. The number of halogens is 5. The zero-order valence-corrected chi connectivity index (χ0v) is 21.4. The van der Waals surface area contributed by atoms with Crippen LogP contribution in [0.2, 0.25) is 10.0 Å². The van der Waals surface area contributed by atoms with E-state index in [2.05, 4.69) is 4.74 Å². The van der Waals surface area contributed by atoms with Crippen molar-refractivity contribution in [2.75, 3.05) is 6.61 Å². The molecule has 1 fully saturated rings. The first-order chi connectivity index (χ1) is 17.7. The summed E-state index contributed by atoms with van der Waals surface area (Å²) >= 11 is 13.2. The maximum Gasteiger partial charge on any atom is 0.387 e. The number of aromatic nitrogens is 1. The topological polar surface area (TPSA) is 71.7 Å². The second kappa shape index (κ2) is 12.1. The number of alkyl halides is 2. The van der Waals surface area contributed by atoms with E-state index in [4.69, 9.17) is 32.7 Å². The molecule has 1 aliphatic carbocycles. The van der Waals surface area contributed by atoms with Gasteiger partial charge in [0.05, 0.1) is 6.61 Å². The van der Waals surface area contributed by atoms with Gasteiger partial charge in [0, 0.05) is 16.9 Å². The molecule has 6 nitrogen and oxygen atoms in total. The van der Waals surface area contributed by atoms with E-state index in [1.165, 1.54) is 42.5 Å². The van der Waals surface area contributed by atoms with E-state index in [-0.39, 0.29) is 28.0 Å². The van der Waals surface area contributed by atoms with Crippen LogP contribution in [0.4, 0.5) is 18.0 Å². The highest BCUT2D eigenvalue weighted by Crippen LogP contribution is 2.38. The van der Waals surface area contributed by atoms with Crippen LogP contribution in [0, 0.1) is 16.9 Å². The molecular formula is C25H20Cl2F3NO5S. The lowest BCUT2D eigenvalue weighted by Gasteiger charge is -2.21. The molecule has 0 aliphatic heterocycles. The molecule has 3 aromatic rings. The summed E-state index contributed by atoms with van der Waals surface area (Å²) in [6.45, 7) is -2.73. The van der Waals surface area contributed by atoms with Crippen molar-refractivity contribution in [3.05, 3.63) is 87.1 Å². The highest BCUT2D eigenvalue weighted by Gasteiger charge is 2.26. The average molecular weight is 574 g/mol. The third-order valence-corrected chi connectivity index (χ3v) is 6.85. The molecule has 4 rings (SSSR count). The fraction of sp³-hybridized carbons (Fsp3) is 0.280. The van der Waals surface area contributed by atoms with Crippen LogP contribution >= 0.6 is 35.0 Å². The van der Waals surface area contributed by atoms with Crippen LogP contribution in [0.15, 0.2) is 59.8 Å². The van der Waals surface area contributed by atoms with Crippen molar-refractivity contribution in [1.82, 2.24) is 0 Å². The van der Waals surface area contributed by atoms with Crippen LogP contribution in [0.25, 0.3) is 0 Å². The smallest absolute Gasteiger partial charge is 0.387 e. The molecule has 0 N–H and O–H groups in total. The Morgan fingerprint density at radius 1 is 1.08 bits per heavy atom. The van der Waals surface area contributed by atoms with Gasteiger partial charge in [0.2, 0.25) is 0 Å². The Morgan fingerprint density at radius 3 is 2.38 bits per heavy atom. The minimum absolute atomic E-state index is 0.0364. The highest BCUT2D eigenvalue weighted by molar-refractivity contribution is 8.13. The Bertz CT molecular complexity index is 1240. The number of ether oxygens (including phenoxy) is 3. The molecule has 1 atom stereocenters. The van der Waals surface area contributed by atoms with Gasteiger partial charge in [-0.1, -0.05) is 29.3 Å². The van der Waals surface area contributed by atoms with Gasteiger partial charge >= 0.3 is 11.9 Å². The Morgan fingerprint density at radius 2 is 1.76 bits per heavy atom. The summed E-state index contributed by atoms with van der Waals surface area (Å²) in [6.07, 6.45) is 3.15. The lowest BCUT2D eigenvalue weighted by atomic mass is 10.0. The van der Waals surface area contributed by atoms with Crippen molar-refractivity contribution in [3.8, 4) is 11.5 Å². The molecule has 1 heterocycles. The van der Waals surface area contributed by atoms with Crippen molar-refractivity contribution in [2.45, 2.75) is 36.9 Å². The Labute approximate surface area is 224 Å². The third-order valence-electron chi connectivity index (χ3n) is 5.43. The molecule has 2 aromatic carbocycles. The minimum Gasteiger partial charge on any atom is -0.619 e. The summed E-state index contributed by atoms with van der Waals surface area (Å²) in [4.78, 5) is 13.2. The monoisotopic (exact) mass is 573 g/mol. The van der Waals surface area contributed by atoms with Gasteiger partial charge in [-0.2, -0.15) is 13.5 Å². The quantitative estimate of drug-likeness (QED) is 0.109. The number of carbonyl (C=O) groups excluding carboxylic acids is 1. The van der Waals surface area contributed by atoms with Crippen molar-refractivity contribution in [3.63, 3.8) is 0 Å². The number of benzene rings is 2. The standard InChI is InChI=1S/C25H20Cl2F3NO5S/c26-19-11-31(33)12-20(27)18(19)10-22(36-25(32)37-17-6-4-16(28)5-7-17)15-3-8-21(35-24(29)30)23(9-15)34-13-14-1-2-14/h3-9,11-12,14,22,24H,1-2,10,13H2/t22-/m0/s1. The number of rotatable bonds is 10. The van der Waals surface area contributed by atoms with Gasteiger partial charge < -0.3 is 19.4 Å².